The van der Waals surface area contributed by atoms with Crippen LogP contribution in [0.1, 0.15) is 35.1 Å². The zero-order valence-electron chi connectivity index (χ0n) is 12.9. The third-order valence-electron chi connectivity index (χ3n) is 4.41. The van der Waals surface area contributed by atoms with E-state index in [9.17, 15) is 14.7 Å². The SMILES string of the molecule is Cc1nn(C)c2sc(C(=O)N3CCCC(C)(C(=O)O)C3)cc12. The number of hydrogen-bond acceptors (Lipinski definition) is 4. The van der Waals surface area contributed by atoms with Gasteiger partial charge in [-0.25, -0.2) is 0 Å². The van der Waals surface area contributed by atoms with Crippen LogP contribution < -0.4 is 0 Å². The number of carboxylic acid groups (broad SMARTS) is 1. The van der Waals surface area contributed by atoms with Gasteiger partial charge in [-0.15, -0.1) is 11.3 Å². The number of fused-ring (bicyclic) bond motifs is 1. The first-order valence-corrected chi connectivity index (χ1v) is 8.09. The van der Waals surface area contributed by atoms with Gasteiger partial charge in [0.25, 0.3) is 5.91 Å². The summed E-state index contributed by atoms with van der Waals surface area (Å²) in [5.41, 5.74) is 0.0593. The van der Waals surface area contributed by atoms with Crippen LogP contribution >= 0.6 is 11.3 Å². The fourth-order valence-corrected chi connectivity index (χ4v) is 4.14. The maximum absolute atomic E-state index is 12.7. The molecule has 1 aliphatic rings. The molecule has 0 aliphatic carbocycles. The van der Waals surface area contributed by atoms with Crippen molar-refractivity contribution in [3.05, 3.63) is 16.6 Å². The number of carbonyl (C=O) groups excluding carboxylic acids is 1. The van der Waals surface area contributed by atoms with Crippen LogP contribution in [-0.4, -0.2) is 44.8 Å². The van der Waals surface area contributed by atoms with E-state index in [1.807, 2.05) is 20.0 Å². The first kappa shape index (κ1) is 15.0. The molecule has 2 aromatic heterocycles. The van der Waals surface area contributed by atoms with Crippen LogP contribution in [0.15, 0.2) is 6.07 Å². The van der Waals surface area contributed by atoms with Crippen LogP contribution in [-0.2, 0) is 11.8 Å². The van der Waals surface area contributed by atoms with Gasteiger partial charge in [-0.05, 0) is 32.8 Å². The topological polar surface area (TPSA) is 75.4 Å². The third-order valence-corrected chi connectivity index (χ3v) is 5.60. The van der Waals surface area contributed by atoms with Crippen LogP contribution in [0, 0.1) is 12.3 Å². The summed E-state index contributed by atoms with van der Waals surface area (Å²) in [5.74, 6) is -0.908. The minimum Gasteiger partial charge on any atom is -0.481 e. The van der Waals surface area contributed by atoms with E-state index in [-0.39, 0.29) is 12.5 Å². The number of piperidine rings is 1. The monoisotopic (exact) mass is 321 g/mol. The Labute approximate surface area is 132 Å². The van der Waals surface area contributed by atoms with E-state index in [0.29, 0.717) is 17.8 Å². The molecule has 1 unspecified atom stereocenters. The molecule has 0 radical (unpaired) electrons. The van der Waals surface area contributed by atoms with E-state index < -0.39 is 11.4 Å². The molecular formula is C15H19N3O3S. The lowest BCUT2D eigenvalue weighted by Crippen LogP contribution is -2.48. The molecule has 3 heterocycles. The second-order valence-electron chi connectivity index (χ2n) is 6.23. The number of rotatable bonds is 2. The van der Waals surface area contributed by atoms with Crippen molar-refractivity contribution in [3.8, 4) is 0 Å². The molecule has 1 saturated heterocycles. The van der Waals surface area contributed by atoms with Crippen molar-refractivity contribution >= 4 is 33.4 Å². The van der Waals surface area contributed by atoms with Gasteiger partial charge in [-0.1, -0.05) is 0 Å². The van der Waals surface area contributed by atoms with Crippen molar-refractivity contribution in [2.24, 2.45) is 12.5 Å². The maximum atomic E-state index is 12.7. The summed E-state index contributed by atoms with van der Waals surface area (Å²) < 4.78 is 1.78. The maximum Gasteiger partial charge on any atom is 0.311 e. The zero-order chi connectivity index (χ0) is 16.1. The molecule has 0 saturated carbocycles. The standard InChI is InChI=1S/C15H19N3O3S/c1-9-10-7-11(22-13(10)17(3)16-9)12(19)18-6-4-5-15(2,8-18)14(20)21/h7H,4-6,8H2,1-3H3,(H,20,21). The van der Waals surface area contributed by atoms with Gasteiger partial charge in [-0.2, -0.15) is 5.10 Å². The Bertz CT molecular complexity index is 729. The second kappa shape index (κ2) is 5.08. The molecule has 118 valence electrons. The number of amides is 1. The van der Waals surface area contributed by atoms with E-state index in [0.717, 1.165) is 22.3 Å². The van der Waals surface area contributed by atoms with Gasteiger partial charge >= 0.3 is 5.97 Å². The quantitative estimate of drug-likeness (QED) is 0.920. The highest BCUT2D eigenvalue weighted by molar-refractivity contribution is 7.20. The molecular weight excluding hydrogens is 302 g/mol. The summed E-state index contributed by atoms with van der Waals surface area (Å²) in [6.45, 7) is 4.53. The summed E-state index contributed by atoms with van der Waals surface area (Å²) in [6, 6.07) is 1.87. The Kier molecular flexibility index (Phi) is 3.47. The average molecular weight is 321 g/mol. The number of carbonyl (C=O) groups is 2. The van der Waals surface area contributed by atoms with Gasteiger partial charge < -0.3 is 10.0 Å². The molecule has 6 nitrogen and oxygen atoms in total. The van der Waals surface area contributed by atoms with Crippen molar-refractivity contribution in [3.63, 3.8) is 0 Å². The number of carboxylic acids is 1. The Morgan fingerprint density at radius 1 is 1.45 bits per heavy atom. The highest BCUT2D eigenvalue weighted by atomic mass is 32.1. The number of likely N-dealkylation sites (tertiary alicyclic amines) is 1. The molecule has 1 amide bonds. The Balaban J connectivity index is 1.89. The average Bonchev–Trinajstić information content (AvgIpc) is 3.00. The number of nitrogens with zero attached hydrogens (tertiary/aromatic N) is 3. The van der Waals surface area contributed by atoms with Crippen molar-refractivity contribution in [2.45, 2.75) is 26.7 Å². The number of thiophene rings is 1. The summed E-state index contributed by atoms with van der Waals surface area (Å²) in [7, 11) is 1.86. The molecule has 0 spiro atoms. The Hall–Kier alpha value is -1.89. The van der Waals surface area contributed by atoms with E-state index >= 15 is 0 Å². The smallest absolute Gasteiger partial charge is 0.311 e. The molecule has 0 bridgehead atoms. The van der Waals surface area contributed by atoms with Gasteiger partial charge in [0.1, 0.15) is 4.83 Å². The molecule has 1 aliphatic heterocycles. The van der Waals surface area contributed by atoms with Gasteiger partial charge in [0.2, 0.25) is 0 Å². The molecule has 1 atom stereocenters. The van der Waals surface area contributed by atoms with Crippen molar-refractivity contribution in [1.82, 2.24) is 14.7 Å². The Morgan fingerprint density at radius 3 is 2.82 bits per heavy atom. The van der Waals surface area contributed by atoms with Crippen molar-refractivity contribution in [1.29, 1.82) is 0 Å². The predicted octanol–water partition coefficient (Wildman–Crippen LogP) is 2.27. The predicted molar refractivity (Wildman–Crippen MR) is 84.2 cm³/mol. The van der Waals surface area contributed by atoms with Gasteiger partial charge in [0, 0.05) is 25.5 Å². The lowest BCUT2D eigenvalue weighted by atomic mass is 9.82. The molecule has 1 N–H and O–H groups in total. The van der Waals surface area contributed by atoms with E-state index in [2.05, 4.69) is 5.10 Å². The Morgan fingerprint density at radius 2 is 2.18 bits per heavy atom. The van der Waals surface area contributed by atoms with Crippen LogP contribution in [0.4, 0.5) is 0 Å². The first-order chi connectivity index (χ1) is 10.3. The number of hydrogen-bond donors (Lipinski definition) is 1. The fraction of sp³-hybridized carbons (Fsp3) is 0.533. The molecule has 2 aromatic rings. The molecule has 1 fully saturated rings. The minimum atomic E-state index is -0.845. The first-order valence-electron chi connectivity index (χ1n) is 7.28. The van der Waals surface area contributed by atoms with Gasteiger partial charge in [0.05, 0.1) is 16.0 Å². The van der Waals surface area contributed by atoms with Crippen LogP contribution in [0.3, 0.4) is 0 Å². The molecule has 7 heteroatoms. The highest BCUT2D eigenvalue weighted by Gasteiger charge is 2.39. The molecule has 22 heavy (non-hydrogen) atoms. The number of aliphatic carboxylic acids is 1. The van der Waals surface area contributed by atoms with E-state index in [4.69, 9.17) is 0 Å². The summed E-state index contributed by atoms with van der Waals surface area (Å²) in [6.07, 6.45) is 1.33. The highest BCUT2D eigenvalue weighted by Crippen LogP contribution is 2.33. The van der Waals surface area contributed by atoms with E-state index in [1.165, 1.54) is 11.3 Å². The normalized spacial score (nSPS) is 22.2. The lowest BCUT2D eigenvalue weighted by molar-refractivity contribution is -0.150. The van der Waals surface area contributed by atoms with Crippen LogP contribution in [0.5, 0.6) is 0 Å². The summed E-state index contributed by atoms with van der Waals surface area (Å²) in [5, 5.41) is 14.7. The van der Waals surface area contributed by atoms with Gasteiger partial charge in [-0.3, -0.25) is 14.3 Å². The molecule has 3 rings (SSSR count). The van der Waals surface area contributed by atoms with Crippen LogP contribution in [0.2, 0.25) is 0 Å². The van der Waals surface area contributed by atoms with Crippen molar-refractivity contribution < 1.29 is 14.7 Å². The third kappa shape index (κ3) is 2.29. The lowest BCUT2D eigenvalue weighted by Gasteiger charge is -2.37. The van der Waals surface area contributed by atoms with Crippen LogP contribution in [0.25, 0.3) is 10.2 Å². The minimum absolute atomic E-state index is 0.0761. The number of aryl methyl sites for hydroxylation is 2. The molecule has 0 aromatic carbocycles. The zero-order valence-corrected chi connectivity index (χ0v) is 13.7. The van der Waals surface area contributed by atoms with E-state index in [1.54, 1.807) is 16.5 Å². The second-order valence-corrected chi connectivity index (χ2v) is 7.27. The largest absolute Gasteiger partial charge is 0.481 e. The fourth-order valence-electron chi connectivity index (χ4n) is 3.05. The summed E-state index contributed by atoms with van der Waals surface area (Å²) in [4.78, 5) is 27.4. The van der Waals surface area contributed by atoms with Gasteiger partial charge in [0.15, 0.2) is 0 Å². The number of aromatic nitrogens is 2. The summed E-state index contributed by atoms with van der Waals surface area (Å²) >= 11 is 1.42. The van der Waals surface area contributed by atoms with Crippen molar-refractivity contribution in [2.75, 3.05) is 13.1 Å².